The van der Waals surface area contributed by atoms with E-state index < -0.39 is 0 Å². The van der Waals surface area contributed by atoms with E-state index in [1.54, 1.807) is 6.92 Å². The Balaban J connectivity index is 0.000000396. The van der Waals surface area contributed by atoms with Crippen LogP contribution in [0.25, 0.3) is 0 Å². The molecule has 2 nitrogen and oxygen atoms in total. The maximum absolute atomic E-state index is 11.3. The van der Waals surface area contributed by atoms with Gasteiger partial charge >= 0.3 is 0 Å². The van der Waals surface area contributed by atoms with E-state index in [1.165, 1.54) is 44.9 Å². The van der Waals surface area contributed by atoms with Crippen LogP contribution in [-0.2, 0) is 4.79 Å². The molecule has 0 saturated carbocycles. The van der Waals surface area contributed by atoms with E-state index in [-0.39, 0.29) is 5.91 Å². The molecule has 0 aromatic heterocycles. The average Bonchev–Trinajstić information content (AvgIpc) is 2.45. The third-order valence-electron chi connectivity index (χ3n) is 3.63. The second-order valence-electron chi connectivity index (χ2n) is 5.79. The van der Waals surface area contributed by atoms with Crippen LogP contribution in [-0.4, -0.2) is 23.9 Å². The van der Waals surface area contributed by atoms with Crippen molar-refractivity contribution in [1.82, 2.24) is 4.90 Å². The number of unbranched alkanes of at least 4 members (excludes halogenated alkanes) is 5. The predicted octanol–water partition coefficient (Wildman–Crippen LogP) is 4.64. The first-order valence-electron chi connectivity index (χ1n) is 8.37. The van der Waals surface area contributed by atoms with E-state index in [1.807, 2.05) is 4.90 Å². The Morgan fingerprint density at radius 3 is 2.20 bits per heavy atom. The number of amides is 1. The zero-order valence-electron chi connectivity index (χ0n) is 14.0. The summed E-state index contributed by atoms with van der Waals surface area (Å²) in [6.45, 7) is 10.2. The summed E-state index contributed by atoms with van der Waals surface area (Å²) in [6.07, 6.45) is 10.9. The van der Waals surface area contributed by atoms with Crippen molar-refractivity contribution in [3.63, 3.8) is 0 Å². The van der Waals surface area contributed by atoms with Gasteiger partial charge in [0, 0.05) is 13.1 Å². The lowest BCUT2D eigenvalue weighted by atomic mass is 10.0. The van der Waals surface area contributed by atoms with E-state index >= 15 is 0 Å². The van der Waals surface area contributed by atoms with E-state index in [4.69, 9.17) is 0 Å². The Kier molecular flexibility index (Phi) is 12.4. The van der Waals surface area contributed by atoms with Crippen LogP contribution in [0.2, 0.25) is 0 Å². The summed E-state index contributed by atoms with van der Waals surface area (Å²) in [5, 5.41) is 0. The molecular weight excluding hydrogens is 246 g/mol. The summed E-state index contributed by atoms with van der Waals surface area (Å²) in [7, 11) is 0. The first kappa shape index (κ1) is 19.0. The van der Waals surface area contributed by atoms with Crippen LogP contribution in [0.1, 0.15) is 79.1 Å². The van der Waals surface area contributed by atoms with Gasteiger partial charge < -0.3 is 4.90 Å². The maximum atomic E-state index is 11.3. The van der Waals surface area contributed by atoms with Gasteiger partial charge in [0.05, 0.1) is 0 Å². The van der Waals surface area contributed by atoms with Gasteiger partial charge in [-0.2, -0.15) is 0 Å². The summed E-state index contributed by atoms with van der Waals surface area (Å²) in [4.78, 5) is 13.1. The zero-order valence-corrected chi connectivity index (χ0v) is 14.0. The number of hydrogen-bond acceptors (Lipinski definition) is 1. The molecule has 2 heteroatoms. The summed E-state index contributed by atoms with van der Waals surface area (Å²) in [5.74, 6) is 5.84. The van der Waals surface area contributed by atoms with Gasteiger partial charge in [-0.1, -0.05) is 65.2 Å². The van der Waals surface area contributed by atoms with E-state index in [2.05, 4.69) is 32.6 Å². The minimum Gasteiger partial charge on any atom is -0.332 e. The number of rotatable bonds is 5. The Bertz CT molecular complexity index is 294. The van der Waals surface area contributed by atoms with Crippen LogP contribution in [0.15, 0.2) is 0 Å². The first-order valence-corrected chi connectivity index (χ1v) is 8.37. The van der Waals surface area contributed by atoms with Crippen LogP contribution >= 0.6 is 0 Å². The second-order valence-corrected chi connectivity index (χ2v) is 5.79. The molecule has 1 rings (SSSR count). The topological polar surface area (TPSA) is 20.3 Å². The number of carbonyl (C=O) groups is 1. The van der Waals surface area contributed by atoms with Crippen LogP contribution in [0, 0.1) is 17.8 Å². The van der Waals surface area contributed by atoms with Crippen molar-refractivity contribution in [1.29, 1.82) is 0 Å². The lowest BCUT2D eigenvalue weighted by Crippen LogP contribution is -2.38. The number of likely N-dealkylation sites (tertiary alicyclic amines) is 1. The predicted molar refractivity (Wildman–Crippen MR) is 87.5 cm³/mol. The zero-order chi connectivity index (χ0) is 15.2. The van der Waals surface area contributed by atoms with Gasteiger partial charge in [-0.05, 0) is 31.6 Å². The third-order valence-corrected chi connectivity index (χ3v) is 3.63. The average molecular weight is 279 g/mol. The molecule has 0 radical (unpaired) electrons. The number of nitrogens with zero attached hydrogens (tertiary/aromatic N) is 1. The molecule has 0 aromatic carbocycles. The quantitative estimate of drug-likeness (QED) is 0.530. The fourth-order valence-corrected chi connectivity index (χ4v) is 2.41. The van der Waals surface area contributed by atoms with Crippen molar-refractivity contribution in [3.8, 4) is 11.8 Å². The molecule has 1 aliphatic heterocycles. The van der Waals surface area contributed by atoms with Crippen LogP contribution < -0.4 is 0 Å². The van der Waals surface area contributed by atoms with E-state index in [0.717, 1.165) is 19.5 Å². The van der Waals surface area contributed by atoms with Gasteiger partial charge in [-0.15, -0.1) is 0 Å². The molecule has 1 aliphatic rings. The molecule has 0 bridgehead atoms. The standard InChI is InChI=1S/C10H15NO.C8H18/c1-3-5-10(12)11-7-4-6-9(2)8-11;1-3-5-7-8-6-4-2/h9H,4,6-8H2,1-2H3;3-8H2,1-2H3. The number of hydrogen-bond donors (Lipinski definition) is 0. The minimum atomic E-state index is -0.0101. The number of carbonyl (C=O) groups excluding carboxylic acids is 1. The van der Waals surface area contributed by atoms with Gasteiger partial charge in [0.1, 0.15) is 0 Å². The van der Waals surface area contributed by atoms with Gasteiger partial charge in [0.2, 0.25) is 0 Å². The largest absolute Gasteiger partial charge is 0.332 e. The fourth-order valence-electron chi connectivity index (χ4n) is 2.41. The molecule has 1 fully saturated rings. The van der Waals surface area contributed by atoms with E-state index in [9.17, 15) is 4.79 Å². The fraction of sp³-hybridized carbons (Fsp3) is 0.833. The van der Waals surface area contributed by atoms with Crippen LogP contribution in [0.5, 0.6) is 0 Å². The third kappa shape index (κ3) is 9.89. The molecule has 0 aliphatic carbocycles. The highest BCUT2D eigenvalue weighted by atomic mass is 16.2. The highest BCUT2D eigenvalue weighted by Crippen LogP contribution is 2.14. The van der Waals surface area contributed by atoms with Gasteiger partial charge in [0.15, 0.2) is 0 Å². The lowest BCUT2D eigenvalue weighted by molar-refractivity contribution is -0.126. The Labute approximate surface area is 126 Å². The molecule has 1 amide bonds. The summed E-state index contributed by atoms with van der Waals surface area (Å²) in [6, 6.07) is 0. The SMILES string of the molecule is CC#CC(=O)N1CCCC(C)C1.CCCCCCCC. The number of piperidine rings is 1. The Morgan fingerprint density at radius 1 is 1.15 bits per heavy atom. The maximum Gasteiger partial charge on any atom is 0.298 e. The van der Waals surface area contributed by atoms with Crippen molar-refractivity contribution in [2.45, 2.75) is 79.1 Å². The smallest absolute Gasteiger partial charge is 0.298 e. The molecule has 1 saturated heterocycles. The molecule has 116 valence electrons. The highest BCUT2D eigenvalue weighted by Gasteiger charge is 2.18. The summed E-state index contributed by atoms with van der Waals surface area (Å²) in [5.41, 5.74) is 0. The molecule has 0 N–H and O–H groups in total. The Hall–Kier alpha value is -0.970. The molecule has 1 unspecified atom stereocenters. The molecule has 1 heterocycles. The molecule has 0 aromatic rings. The van der Waals surface area contributed by atoms with Crippen LogP contribution in [0.4, 0.5) is 0 Å². The highest BCUT2D eigenvalue weighted by molar-refractivity contribution is 5.93. The van der Waals surface area contributed by atoms with Gasteiger partial charge in [-0.25, -0.2) is 0 Å². The molecule has 20 heavy (non-hydrogen) atoms. The lowest BCUT2D eigenvalue weighted by Gasteiger charge is -2.29. The van der Waals surface area contributed by atoms with Crippen molar-refractivity contribution in [2.75, 3.05) is 13.1 Å². The van der Waals surface area contributed by atoms with Crippen molar-refractivity contribution in [2.24, 2.45) is 5.92 Å². The van der Waals surface area contributed by atoms with Crippen molar-refractivity contribution in [3.05, 3.63) is 0 Å². The van der Waals surface area contributed by atoms with Gasteiger partial charge in [0.25, 0.3) is 5.91 Å². The van der Waals surface area contributed by atoms with Crippen molar-refractivity contribution < 1.29 is 4.79 Å². The first-order chi connectivity index (χ1) is 9.65. The normalized spacial score (nSPS) is 17.6. The minimum absolute atomic E-state index is 0.0101. The summed E-state index contributed by atoms with van der Waals surface area (Å²) >= 11 is 0. The molecule has 0 spiro atoms. The molecular formula is C18H33NO. The van der Waals surface area contributed by atoms with Crippen molar-refractivity contribution >= 4 is 5.91 Å². The monoisotopic (exact) mass is 279 g/mol. The van der Waals surface area contributed by atoms with E-state index in [0.29, 0.717) is 5.92 Å². The van der Waals surface area contributed by atoms with Crippen LogP contribution in [0.3, 0.4) is 0 Å². The summed E-state index contributed by atoms with van der Waals surface area (Å²) < 4.78 is 0. The second kappa shape index (κ2) is 13.0. The Morgan fingerprint density at radius 2 is 1.75 bits per heavy atom. The van der Waals surface area contributed by atoms with Gasteiger partial charge in [-0.3, -0.25) is 4.79 Å². The molecule has 1 atom stereocenters.